The molecule has 0 spiro atoms. The summed E-state index contributed by atoms with van der Waals surface area (Å²) in [6, 6.07) is 15.2. The van der Waals surface area contributed by atoms with Crippen LogP contribution in [-0.4, -0.2) is 12.7 Å². The molecule has 1 aliphatic rings. The maximum atomic E-state index is 12.8. The monoisotopic (exact) mass is 310 g/mol. The predicted octanol–water partition coefficient (Wildman–Crippen LogP) is 3.23. The summed E-state index contributed by atoms with van der Waals surface area (Å²) >= 11 is 0. The van der Waals surface area contributed by atoms with Gasteiger partial charge in [-0.1, -0.05) is 42.0 Å². The van der Waals surface area contributed by atoms with E-state index in [1.165, 1.54) is 6.20 Å². The van der Waals surface area contributed by atoms with Crippen LogP contribution in [-0.2, 0) is 10.0 Å². The summed E-state index contributed by atoms with van der Waals surface area (Å²) in [5.41, 5.74) is 2.54. The van der Waals surface area contributed by atoms with E-state index in [2.05, 4.69) is 6.07 Å². The van der Waals surface area contributed by atoms with Crippen LogP contribution in [0.1, 0.15) is 22.7 Å². The zero-order valence-electron chi connectivity index (χ0n) is 12.0. The Morgan fingerprint density at radius 1 is 1.09 bits per heavy atom. The lowest BCUT2D eigenvalue weighted by atomic mass is 9.99. The molecule has 110 valence electrons. The van der Waals surface area contributed by atoms with Crippen LogP contribution in [0.2, 0.25) is 0 Å². The smallest absolute Gasteiger partial charge is 0.252 e. The average Bonchev–Trinajstić information content (AvgIpc) is 2.54. The van der Waals surface area contributed by atoms with Gasteiger partial charge in [0.25, 0.3) is 10.0 Å². The minimum Gasteiger partial charge on any atom is -0.252 e. The third-order valence-corrected chi connectivity index (χ3v) is 5.42. The lowest BCUT2D eigenvalue weighted by Gasteiger charge is -2.29. The fourth-order valence-electron chi connectivity index (χ4n) is 2.47. The van der Waals surface area contributed by atoms with Gasteiger partial charge in [0.1, 0.15) is 0 Å². The van der Waals surface area contributed by atoms with Crippen LogP contribution in [0.5, 0.6) is 0 Å². The van der Waals surface area contributed by atoms with Crippen LogP contribution >= 0.6 is 0 Å². The number of nitriles is 1. The maximum Gasteiger partial charge on any atom is 0.265 e. The molecule has 1 heterocycles. The van der Waals surface area contributed by atoms with Crippen LogP contribution in [0.15, 0.2) is 59.6 Å². The first-order valence-corrected chi connectivity index (χ1v) is 8.25. The van der Waals surface area contributed by atoms with Crippen molar-refractivity contribution < 1.29 is 8.42 Å². The Kier molecular flexibility index (Phi) is 3.47. The van der Waals surface area contributed by atoms with E-state index in [-0.39, 0.29) is 4.90 Å². The van der Waals surface area contributed by atoms with E-state index in [1.807, 2.05) is 19.1 Å². The summed E-state index contributed by atoms with van der Waals surface area (Å²) in [7, 11) is -3.76. The van der Waals surface area contributed by atoms with Crippen molar-refractivity contribution in [2.45, 2.75) is 17.9 Å². The third kappa shape index (κ3) is 2.28. The second-order valence-corrected chi connectivity index (χ2v) is 6.97. The molecule has 3 rings (SSSR count). The van der Waals surface area contributed by atoms with Crippen molar-refractivity contribution in [1.82, 2.24) is 4.31 Å². The molecule has 0 saturated heterocycles. The largest absolute Gasteiger partial charge is 0.265 e. The highest BCUT2D eigenvalue weighted by Crippen LogP contribution is 2.34. The van der Waals surface area contributed by atoms with Gasteiger partial charge in [-0.05, 0) is 36.3 Å². The average molecular weight is 310 g/mol. The molecule has 0 aliphatic carbocycles. The highest BCUT2D eigenvalue weighted by atomic mass is 32.2. The van der Waals surface area contributed by atoms with Crippen LogP contribution in [0.4, 0.5) is 0 Å². The number of fused-ring (bicyclic) bond motifs is 1. The summed E-state index contributed by atoms with van der Waals surface area (Å²) < 4.78 is 26.7. The number of sulfonamides is 1. The van der Waals surface area contributed by atoms with Gasteiger partial charge in [-0.25, -0.2) is 8.42 Å². The summed E-state index contributed by atoms with van der Waals surface area (Å²) in [6.45, 7) is 1.89. The molecule has 1 atom stereocenters. The second kappa shape index (κ2) is 5.32. The SMILES string of the molecule is Cc1ccc(S(=O)(=O)N2C=Cc3ccccc3[C@H]2C#N)cc1. The van der Waals surface area contributed by atoms with E-state index < -0.39 is 16.1 Å². The van der Waals surface area contributed by atoms with Crippen molar-refractivity contribution in [3.05, 3.63) is 71.4 Å². The highest BCUT2D eigenvalue weighted by molar-refractivity contribution is 7.89. The van der Waals surface area contributed by atoms with Crippen molar-refractivity contribution in [1.29, 1.82) is 5.26 Å². The Morgan fingerprint density at radius 2 is 1.77 bits per heavy atom. The predicted molar refractivity (Wildman–Crippen MR) is 84.0 cm³/mol. The fourth-order valence-corrected chi connectivity index (χ4v) is 3.85. The van der Waals surface area contributed by atoms with Crippen LogP contribution in [0, 0.1) is 18.3 Å². The van der Waals surface area contributed by atoms with E-state index >= 15 is 0 Å². The van der Waals surface area contributed by atoms with E-state index in [0.29, 0.717) is 5.56 Å². The zero-order chi connectivity index (χ0) is 15.7. The Hall–Kier alpha value is -2.58. The molecule has 0 unspecified atom stereocenters. The fraction of sp³-hybridized carbons (Fsp3) is 0.118. The van der Waals surface area contributed by atoms with E-state index in [4.69, 9.17) is 0 Å². The molecule has 0 N–H and O–H groups in total. The first-order valence-electron chi connectivity index (χ1n) is 6.81. The van der Waals surface area contributed by atoms with Gasteiger partial charge in [0.15, 0.2) is 6.04 Å². The van der Waals surface area contributed by atoms with Crippen molar-refractivity contribution in [3.8, 4) is 6.07 Å². The molecule has 0 radical (unpaired) electrons. The molecule has 0 fully saturated rings. The first kappa shape index (κ1) is 14.4. The maximum absolute atomic E-state index is 12.8. The topological polar surface area (TPSA) is 61.2 Å². The van der Waals surface area contributed by atoms with E-state index in [1.54, 1.807) is 42.5 Å². The zero-order valence-corrected chi connectivity index (χ0v) is 12.8. The molecule has 0 saturated carbocycles. The quantitative estimate of drug-likeness (QED) is 0.855. The molecule has 2 aromatic carbocycles. The number of nitrogens with zero attached hydrogens (tertiary/aromatic N) is 2. The Balaban J connectivity index is 2.09. The van der Waals surface area contributed by atoms with Gasteiger partial charge < -0.3 is 0 Å². The molecule has 5 heteroatoms. The van der Waals surface area contributed by atoms with Gasteiger partial charge in [0.05, 0.1) is 11.0 Å². The molecule has 0 bridgehead atoms. The highest BCUT2D eigenvalue weighted by Gasteiger charge is 2.32. The lowest BCUT2D eigenvalue weighted by molar-refractivity contribution is 0.461. The minimum absolute atomic E-state index is 0.183. The number of hydrogen-bond acceptors (Lipinski definition) is 3. The Labute approximate surface area is 130 Å². The lowest BCUT2D eigenvalue weighted by Crippen LogP contribution is -2.31. The number of rotatable bonds is 2. The normalized spacial score (nSPS) is 16.9. The third-order valence-electron chi connectivity index (χ3n) is 3.66. The minimum atomic E-state index is -3.76. The van der Waals surface area contributed by atoms with Gasteiger partial charge in [0.2, 0.25) is 0 Å². The van der Waals surface area contributed by atoms with Crippen molar-refractivity contribution in [2.75, 3.05) is 0 Å². The molecule has 2 aromatic rings. The molecular formula is C17H14N2O2S. The van der Waals surface area contributed by atoms with Crippen LogP contribution in [0.25, 0.3) is 6.08 Å². The summed E-state index contributed by atoms with van der Waals surface area (Å²) in [5, 5.41) is 9.47. The molecule has 4 nitrogen and oxygen atoms in total. The second-order valence-electron chi connectivity index (χ2n) is 5.12. The molecule has 0 aromatic heterocycles. The number of aryl methyl sites for hydroxylation is 1. The Bertz CT molecular complexity index is 878. The van der Waals surface area contributed by atoms with E-state index in [9.17, 15) is 13.7 Å². The number of hydrogen-bond donors (Lipinski definition) is 0. The van der Waals surface area contributed by atoms with Crippen molar-refractivity contribution >= 4 is 16.1 Å². The van der Waals surface area contributed by atoms with E-state index in [0.717, 1.165) is 15.4 Å². The van der Waals surface area contributed by atoms with Crippen molar-refractivity contribution in [2.24, 2.45) is 0 Å². The molecular weight excluding hydrogens is 296 g/mol. The van der Waals surface area contributed by atoms with Gasteiger partial charge in [-0.15, -0.1) is 0 Å². The summed E-state index contributed by atoms with van der Waals surface area (Å²) in [4.78, 5) is 0.183. The van der Waals surface area contributed by atoms with Gasteiger partial charge in [-0.3, -0.25) is 4.31 Å². The van der Waals surface area contributed by atoms with Gasteiger partial charge in [0, 0.05) is 6.20 Å². The summed E-state index contributed by atoms with van der Waals surface area (Å²) in [6.07, 6.45) is 3.18. The standard InChI is InChI=1S/C17H14N2O2S/c1-13-6-8-15(9-7-13)22(20,21)19-11-10-14-4-2-3-5-16(14)17(19)12-18/h2-11,17H,1H3/t17-/m1/s1. The number of benzene rings is 2. The van der Waals surface area contributed by atoms with Gasteiger partial charge in [-0.2, -0.15) is 5.26 Å². The summed E-state index contributed by atoms with van der Waals surface area (Å²) in [5.74, 6) is 0. The van der Waals surface area contributed by atoms with Gasteiger partial charge >= 0.3 is 0 Å². The van der Waals surface area contributed by atoms with Crippen molar-refractivity contribution in [3.63, 3.8) is 0 Å². The molecule has 22 heavy (non-hydrogen) atoms. The first-order chi connectivity index (χ1) is 10.5. The molecule has 0 amide bonds. The van der Waals surface area contributed by atoms with Crippen LogP contribution < -0.4 is 0 Å². The molecule has 1 aliphatic heterocycles. The van der Waals surface area contributed by atoms with Crippen LogP contribution in [0.3, 0.4) is 0 Å². The Morgan fingerprint density at radius 3 is 2.45 bits per heavy atom.